The number of thiazole rings is 1. The van der Waals surface area contributed by atoms with Gasteiger partial charge in [0.2, 0.25) is 0 Å². The number of thioether (sulfide) groups is 1. The maximum absolute atomic E-state index is 13.9. The summed E-state index contributed by atoms with van der Waals surface area (Å²) in [4.78, 5) is 15.9. The Balaban J connectivity index is 2.33. The van der Waals surface area contributed by atoms with Crippen molar-refractivity contribution < 1.29 is 13.9 Å². The molecule has 0 unspecified atom stereocenters. The molecular formula is C13H15FN2O2S2. The van der Waals surface area contributed by atoms with E-state index in [0.29, 0.717) is 10.2 Å². The highest BCUT2D eigenvalue weighted by atomic mass is 32.2. The van der Waals surface area contributed by atoms with Crippen LogP contribution in [-0.4, -0.2) is 23.4 Å². The first kappa shape index (κ1) is 15.1. The molecule has 0 saturated heterocycles. The van der Waals surface area contributed by atoms with Gasteiger partial charge in [0.25, 0.3) is 0 Å². The molecule has 20 heavy (non-hydrogen) atoms. The molecule has 0 fully saturated rings. The fourth-order valence-corrected chi connectivity index (χ4v) is 3.65. The first-order chi connectivity index (χ1) is 9.65. The highest BCUT2D eigenvalue weighted by Crippen LogP contribution is 2.36. The van der Waals surface area contributed by atoms with E-state index in [1.54, 1.807) is 24.8 Å². The number of anilines is 1. The molecule has 0 aliphatic rings. The number of nitrogens with zero attached hydrogens (tertiary/aromatic N) is 1. The summed E-state index contributed by atoms with van der Waals surface area (Å²) < 4.78 is 20.2. The number of ether oxygens (including phenoxy) is 1. The summed E-state index contributed by atoms with van der Waals surface area (Å²) in [6.07, 6.45) is 0.387. The van der Waals surface area contributed by atoms with E-state index >= 15 is 0 Å². The Morgan fingerprint density at radius 2 is 2.30 bits per heavy atom. The Kier molecular flexibility index (Phi) is 5.19. The second kappa shape index (κ2) is 6.90. The predicted molar refractivity (Wildman–Crippen MR) is 81.2 cm³/mol. The van der Waals surface area contributed by atoms with Crippen molar-refractivity contribution in [3.05, 3.63) is 17.9 Å². The van der Waals surface area contributed by atoms with Crippen molar-refractivity contribution in [2.75, 3.05) is 17.7 Å². The zero-order valence-electron chi connectivity index (χ0n) is 11.2. The molecule has 108 valence electrons. The predicted octanol–water partition coefficient (Wildman–Crippen LogP) is 4.51. The smallest absolute Gasteiger partial charge is 0.411 e. The number of carbonyl (C=O) groups excluding carboxylic acids is 1. The third-order valence-electron chi connectivity index (χ3n) is 2.42. The third kappa shape index (κ3) is 3.40. The third-order valence-corrected chi connectivity index (χ3v) is 4.86. The van der Waals surface area contributed by atoms with E-state index in [0.717, 1.165) is 16.5 Å². The van der Waals surface area contributed by atoms with E-state index < -0.39 is 11.9 Å². The molecule has 1 N–H and O–H groups in total. The van der Waals surface area contributed by atoms with Gasteiger partial charge < -0.3 is 4.74 Å². The number of halogens is 1. The Bertz CT molecular complexity index is 616. The Labute approximate surface area is 124 Å². The topological polar surface area (TPSA) is 51.2 Å². The largest absolute Gasteiger partial charge is 0.450 e. The molecule has 0 saturated carbocycles. The average Bonchev–Trinajstić information content (AvgIpc) is 2.83. The second-order valence-corrected chi connectivity index (χ2v) is 6.29. The van der Waals surface area contributed by atoms with Crippen LogP contribution in [0.25, 0.3) is 10.2 Å². The molecule has 1 amide bonds. The van der Waals surface area contributed by atoms with Gasteiger partial charge in [-0.2, -0.15) is 0 Å². The Hall–Kier alpha value is -1.34. The molecule has 7 heteroatoms. The van der Waals surface area contributed by atoms with E-state index in [9.17, 15) is 9.18 Å². The van der Waals surface area contributed by atoms with E-state index in [2.05, 4.69) is 17.2 Å². The monoisotopic (exact) mass is 314 g/mol. The summed E-state index contributed by atoms with van der Waals surface area (Å²) in [6, 6.07) is 2.92. The maximum Gasteiger partial charge on any atom is 0.411 e. The number of hydrogen-bond acceptors (Lipinski definition) is 5. The van der Waals surface area contributed by atoms with Crippen molar-refractivity contribution in [3.63, 3.8) is 0 Å². The van der Waals surface area contributed by atoms with Crippen molar-refractivity contribution >= 4 is 45.1 Å². The molecule has 1 heterocycles. The number of benzene rings is 1. The Morgan fingerprint density at radius 3 is 3.00 bits per heavy atom. The van der Waals surface area contributed by atoms with Crippen LogP contribution in [-0.2, 0) is 4.74 Å². The molecule has 0 bridgehead atoms. The van der Waals surface area contributed by atoms with Gasteiger partial charge in [0.15, 0.2) is 4.34 Å². The van der Waals surface area contributed by atoms with Gasteiger partial charge >= 0.3 is 6.09 Å². The van der Waals surface area contributed by atoms with Crippen LogP contribution in [0.1, 0.15) is 20.3 Å². The van der Waals surface area contributed by atoms with Gasteiger partial charge in [-0.15, -0.1) is 11.3 Å². The number of carbonyl (C=O) groups is 1. The fraction of sp³-hybridized carbons (Fsp3) is 0.385. The van der Waals surface area contributed by atoms with Crippen molar-refractivity contribution in [1.29, 1.82) is 0 Å². The molecular weight excluding hydrogens is 299 g/mol. The van der Waals surface area contributed by atoms with E-state index in [1.807, 2.05) is 0 Å². The van der Waals surface area contributed by atoms with Crippen molar-refractivity contribution in [3.8, 4) is 0 Å². The molecule has 0 aliphatic carbocycles. The molecule has 1 aromatic carbocycles. The first-order valence-corrected chi connectivity index (χ1v) is 8.11. The number of nitrogens with one attached hydrogen (secondary N) is 1. The van der Waals surface area contributed by atoms with Crippen LogP contribution in [0, 0.1) is 5.82 Å². The van der Waals surface area contributed by atoms with Crippen LogP contribution in [0.5, 0.6) is 0 Å². The molecule has 0 aliphatic heterocycles. The standard InChI is InChI=1S/C13H15FN2O2S2/c1-3-7-19-13-15-9-6-5-8(14)10(11(9)20-13)16-12(17)18-4-2/h5-6H,3-4,7H2,1-2H3,(H,16,17). The van der Waals surface area contributed by atoms with Crippen LogP contribution in [0.15, 0.2) is 16.5 Å². The average molecular weight is 314 g/mol. The minimum atomic E-state index is -0.657. The molecule has 2 rings (SSSR count). The molecule has 4 nitrogen and oxygen atoms in total. The minimum absolute atomic E-state index is 0.141. The summed E-state index contributed by atoms with van der Waals surface area (Å²) in [5, 5.41) is 2.45. The van der Waals surface area contributed by atoms with Gasteiger partial charge in [-0.3, -0.25) is 5.32 Å². The second-order valence-electron chi connectivity index (χ2n) is 3.94. The normalized spacial score (nSPS) is 10.8. The van der Waals surface area contributed by atoms with Gasteiger partial charge in [0.1, 0.15) is 5.82 Å². The van der Waals surface area contributed by atoms with Gasteiger partial charge in [0.05, 0.1) is 22.5 Å². The lowest BCUT2D eigenvalue weighted by Crippen LogP contribution is -2.14. The van der Waals surface area contributed by atoms with Gasteiger partial charge in [-0.25, -0.2) is 14.2 Å². The molecule has 0 spiro atoms. The van der Waals surface area contributed by atoms with E-state index in [1.165, 1.54) is 17.4 Å². The number of rotatable bonds is 5. The zero-order valence-corrected chi connectivity index (χ0v) is 12.9. The number of aromatic nitrogens is 1. The van der Waals surface area contributed by atoms with Crippen LogP contribution in [0.4, 0.5) is 14.9 Å². The van der Waals surface area contributed by atoms with Gasteiger partial charge in [0, 0.05) is 5.75 Å². The Morgan fingerprint density at radius 1 is 1.50 bits per heavy atom. The van der Waals surface area contributed by atoms with Crippen molar-refractivity contribution in [2.24, 2.45) is 0 Å². The lowest BCUT2D eigenvalue weighted by molar-refractivity contribution is 0.168. The molecule has 0 radical (unpaired) electrons. The van der Waals surface area contributed by atoms with Crippen LogP contribution in [0.3, 0.4) is 0 Å². The van der Waals surface area contributed by atoms with Crippen molar-refractivity contribution in [1.82, 2.24) is 4.98 Å². The first-order valence-electron chi connectivity index (χ1n) is 6.31. The SMILES string of the molecule is CCCSc1nc2ccc(F)c(NC(=O)OCC)c2s1. The maximum atomic E-state index is 13.9. The quantitative estimate of drug-likeness (QED) is 0.825. The van der Waals surface area contributed by atoms with E-state index in [4.69, 9.17) is 4.74 Å². The summed E-state index contributed by atoms with van der Waals surface area (Å²) >= 11 is 3.01. The van der Waals surface area contributed by atoms with Crippen LogP contribution < -0.4 is 5.32 Å². The number of amides is 1. The lowest BCUT2D eigenvalue weighted by atomic mass is 10.3. The highest BCUT2D eigenvalue weighted by molar-refractivity contribution is 8.01. The van der Waals surface area contributed by atoms with Gasteiger partial charge in [-0.05, 0) is 25.5 Å². The van der Waals surface area contributed by atoms with Gasteiger partial charge in [-0.1, -0.05) is 18.7 Å². The minimum Gasteiger partial charge on any atom is -0.450 e. The van der Waals surface area contributed by atoms with Crippen LogP contribution >= 0.6 is 23.1 Å². The molecule has 0 atom stereocenters. The number of hydrogen-bond donors (Lipinski definition) is 1. The number of fused-ring (bicyclic) bond motifs is 1. The zero-order chi connectivity index (χ0) is 14.5. The lowest BCUT2D eigenvalue weighted by Gasteiger charge is -2.06. The fourth-order valence-electron chi connectivity index (χ4n) is 1.58. The highest BCUT2D eigenvalue weighted by Gasteiger charge is 2.15. The molecule has 1 aromatic heterocycles. The summed E-state index contributed by atoms with van der Waals surface area (Å²) in [6.45, 7) is 4.03. The van der Waals surface area contributed by atoms with Crippen molar-refractivity contribution in [2.45, 2.75) is 24.6 Å². The molecule has 2 aromatic rings. The van der Waals surface area contributed by atoms with Crippen LogP contribution in [0.2, 0.25) is 0 Å². The van der Waals surface area contributed by atoms with E-state index in [-0.39, 0.29) is 12.3 Å². The summed E-state index contributed by atoms with van der Waals surface area (Å²) in [7, 11) is 0. The summed E-state index contributed by atoms with van der Waals surface area (Å²) in [5.41, 5.74) is 0.823. The summed E-state index contributed by atoms with van der Waals surface area (Å²) in [5.74, 6) is 0.476.